The summed E-state index contributed by atoms with van der Waals surface area (Å²) in [7, 11) is 1.33. The third-order valence-electron chi connectivity index (χ3n) is 4.08. The van der Waals surface area contributed by atoms with Crippen LogP contribution < -0.4 is 11.5 Å². The van der Waals surface area contributed by atoms with Crippen LogP contribution in [0.3, 0.4) is 0 Å². The van der Waals surface area contributed by atoms with Crippen LogP contribution in [0.25, 0.3) is 0 Å². The van der Waals surface area contributed by atoms with Crippen molar-refractivity contribution < 1.29 is 14.3 Å². The fourth-order valence-corrected chi connectivity index (χ4v) is 4.06. The minimum Gasteiger partial charge on any atom is -0.468 e. The molecule has 2 atom stereocenters. The molecular weight excluding hydrogens is 328 g/mol. The third kappa shape index (κ3) is 2.44. The SMILES string of the molecule is COC(=O)C1C(C)=Nc2sc(C(N)=O)c(N)c2C1c1ccncc1. The molecule has 2 aromatic heterocycles. The van der Waals surface area contributed by atoms with Crippen LogP contribution in [-0.4, -0.2) is 29.7 Å². The highest BCUT2D eigenvalue weighted by molar-refractivity contribution is 7.18. The Bertz CT molecular complexity index is 845. The average molecular weight is 344 g/mol. The number of pyridine rings is 1. The molecule has 0 fully saturated rings. The molecule has 1 amide bonds. The van der Waals surface area contributed by atoms with Crippen LogP contribution in [0.15, 0.2) is 29.5 Å². The van der Waals surface area contributed by atoms with Crippen LogP contribution in [0, 0.1) is 5.92 Å². The van der Waals surface area contributed by atoms with Crippen LogP contribution >= 0.6 is 11.3 Å². The second-order valence-corrected chi connectivity index (χ2v) is 6.44. The smallest absolute Gasteiger partial charge is 0.315 e. The van der Waals surface area contributed by atoms with E-state index in [9.17, 15) is 9.59 Å². The highest BCUT2D eigenvalue weighted by atomic mass is 32.1. The fraction of sp³-hybridized carbons (Fsp3) is 0.250. The lowest BCUT2D eigenvalue weighted by atomic mass is 9.77. The summed E-state index contributed by atoms with van der Waals surface area (Å²) in [5.41, 5.74) is 13.9. The van der Waals surface area contributed by atoms with Gasteiger partial charge in [-0.2, -0.15) is 0 Å². The predicted octanol–water partition coefficient (Wildman–Crippen LogP) is 1.85. The summed E-state index contributed by atoms with van der Waals surface area (Å²) in [6.07, 6.45) is 3.28. The van der Waals surface area contributed by atoms with Crippen LogP contribution in [0.2, 0.25) is 0 Å². The number of carbonyl (C=O) groups is 2. The zero-order valence-electron chi connectivity index (χ0n) is 13.1. The maximum atomic E-state index is 12.4. The lowest BCUT2D eigenvalue weighted by Gasteiger charge is -2.29. The van der Waals surface area contributed by atoms with E-state index in [1.807, 2.05) is 12.1 Å². The second kappa shape index (κ2) is 6.04. The number of carbonyl (C=O) groups excluding carboxylic acids is 2. The van der Waals surface area contributed by atoms with Gasteiger partial charge in [-0.15, -0.1) is 11.3 Å². The van der Waals surface area contributed by atoms with Gasteiger partial charge in [0, 0.05) is 29.6 Å². The van der Waals surface area contributed by atoms with Crippen LogP contribution in [0.5, 0.6) is 0 Å². The van der Waals surface area contributed by atoms with Gasteiger partial charge in [0.1, 0.15) is 15.8 Å². The largest absolute Gasteiger partial charge is 0.468 e. The summed E-state index contributed by atoms with van der Waals surface area (Å²) in [5.74, 6) is -2.04. The lowest BCUT2D eigenvalue weighted by Crippen LogP contribution is -2.32. The van der Waals surface area contributed by atoms with Gasteiger partial charge in [0.05, 0.1) is 12.8 Å². The molecule has 7 nitrogen and oxygen atoms in total. The molecule has 2 aromatic rings. The molecule has 2 unspecified atom stereocenters. The molecule has 0 spiro atoms. The van der Waals surface area contributed by atoms with Crippen LogP contribution in [0.1, 0.15) is 33.6 Å². The van der Waals surface area contributed by atoms with Crippen LogP contribution in [0.4, 0.5) is 10.7 Å². The number of nitrogens with two attached hydrogens (primary N) is 2. The number of hydrogen-bond acceptors (Lipinski definition) is 7. The Kier molecular flexibility index (Phi) is 4.06. The van der Waals surface area contributed by atoms with Crippen molar-refractivity contribution in [2.75, 3.05) is 12.8 Å². The molecule has 0 saturated carbocycles. The Morgan fingerprint density at radius 3 is 2.54 bits per heavy atom. The van der Waals surface area contributed by atoms with E-state index in [4.69, 9.17) is 16.2 Å². The van der Waals surface area contributed by atoms with E-state index in [-0.39, 0.29) is 10.6 Å². The van der Waals surface area contributed by atoms with Crippen molar-refractivity contribution in [3.63, 3.8) is 0 Å². The number of aliphatic imine (C=N–C) groups is 1. The van der Waals surface area contributed by atoms with Gasteiger partial charge in [-0.25, -0.2) is 4.99 Å². The van der Waals surface area contributed by atoms with Gasteiger partial charge in [0.15, 0.2) is 0 Å². The molecule has 3 heterocycles. The first-order valence-corrected chi connectivity index (χ1v) is 8.02. The van der Waals surface area contributed by atoms with Gasteiger partial charge >= 0.3 is 5.97 Å². The number of anilines is 1. The topological polar surface area (TPSA) is 121 Å². The number of thiophene rings is 1. The highest BCUT2D eigenvalue weighted by Gasteiger charge is 2.41. The molecule has 0 saturated heterocycles. The van der Waals surface area contributed by atoms with E-state index in [2.05, 4.69) is 9.98 Å². The molecule has 0 radical (unpaired) electrons. The van der Waals surface area contributed by atoms with E-state index in [1.165, 1.54) is 7.11 Å². The number of primary amides is 1. The van der Waals surface area contributed by atoms with E-state index < -0.39 is 23.7 Å². The standard InChI is InChI=1S/C16H16N4O3S/c1-7-9(16(22)23-2)10(8-3-5-19-6-4-8)11-12(17)13(14(18)21)24-15(11)20-7/h3-6,9-10H,17H2,1-2H3,(H2,18,21). The predicted molar refractivity (Wildman–Crippen MR) is 91.6 cm³/mol. The Balaban J connectivity index is 2.27. The maximum absolute atomic E-state index is 12.4. The second-order valence-electron chi connectivity index (χ2n) is 5.44. The normalized spacial score (nSPS) is 19.3. The van der Waals surface area contributed by atoms with Crippen LogP contribution in [-0.2, 0) is 9.53 Å². The molecule has 3 rings (SSSR count). The highest BCUT2D eigenvalue weighted by Crippen LogP contribution is 2.50. The summed E-state index contributed by atoms with van der Waals surface area (Å²) in [5, 5.41) is 0.598. The number of fused-ring (bicyclic) bond motifs is 1. The zero-order valence-corrected chi connectivity index (χ0v) is 14.0. The summed E-state index contributed by atoms with van der Waals surface area (Å²) in [4.78, 5) is 32.7. The third-order valence-corrected chi connectivity index (χ3v) is 5.21. The molecule has 0 aliphatic carbocycles. The monoisotopic (exact) mass is 344 g/mol. The fourth-order valence-electron chi connectivity index (χ4n) is 3.01. The Morgan fingerprint density at radius 2 is 1.96 bits per heavy atom. The molecule has 0 aromatic carbocycles. The number of amides is 1. The molecule has 124 valence electrons. The van der Waals surface area contributed by atoms with Crippen molar-refractivity contribution in [1.82, 2.24) is 4.98 Å². The van der Waals surface area contributed by atoms with Crippen molar-refractivity contribution >= 4 is 39.6 Å². The van der Waals surface area contributed by atoms with E-state index in [1.54, 1.807) is 19.3 Å². The van der Waals surface area contributed by atoms with Gasteiger partial charge in [0.25, 0.3) is 5.91 Å². The van der Waals surface area contributed by atoms with Gasteiger partial charge in [0.2, 0.25) is 0 Å². The molecule has 4 N–H and O–H groups in total. The number of methoxy groups -OCH3 is 1. The Labute approximate surface area is 142 Å². The summed E-state index contributed by atoms with van der Waals surface area (Å²) < 4.78 is 4.96. The first-order chi connectivity index (χ1) is 11.5. The number of nitrogens with zero attached hydrogens (tertiary/aromatic N) is 2. The number of ether oxygens (including phenoxy) is 1. The number of aromatic nitrogens is 1. The number of hydrogen-bond donors (Lipinski definition) is 2. The molecular formula is C16H16N4O3S. The minimum atomic E-state index is -0.623. The molecule has 0 bridgehead atoms. The van der Waals surface area contributed by atoms with E-state index in [0.29, 0.717) is 16.3 Å². The number of esters is 1. The maximum Gasteiger partial charge on any atom is 0.315 e. The average Bonchev–Trinajstić information content (AvgIpc) is 2.90. The van der Waals surface area contributed by atoms with E-state index >= 15 is 0 Å². The lowest BCUT2D eigenvalue weighted by molar-refractivity contribution is -0.143. The van der Waals surface area contributed by atoms with Gasteiger partial charge in [-0.05, 0) is 24.6 Å². The van der Waals surface area contributed by atoms with Crippen molar-refractivity contribution in [3.05, 3.63) is 40.5 Å². The Morgan fingerprint density at radius 1 is 1.29 bits per heavy atom. The van der Waals surface area contributed by atoms with Gasteiger partial charge in [-0.1, -0.05) is 0 Å². The number of nitrogen functional groups attached to an aromatic ring is 1. The molecule has 1 aliphatic rings. The summed E-state index contributed by atoms with van der Waals surface area (Å²) in [6, 6.07) is 3.62. The van der Waals surface area contributed by atoms with E-state index in [0.717, 1.165) is 16.9 Å². The first-order valence-electron chi connectivity index (χ1n) is 7.20. The quantitative estimate of drug-likeness (QED) is 0.823. The first kappa shape index (κ1) is 16.1. The van der Waals surface area contributed by atoms with Crippen molar-refractivity contribution in [1.29, 1.82) is 0 Å². The van der Waals surface area contributed by atoms with Crippen molar-refractivity contribution in [3.8, 4) is 0 Å². The molecule has 24 heavy (non-hydrogen) atoms. The molecule has 1 aliphatic heterocycles. The zero-order chi connectivity index (χ0) is 17.4. The van der Waals surface area contributed by atoms with Crippen molar-refractivity contribution in [2.24, 2.45) is 16.6 Å². The summed E-state index contributed by atoms with van der Waals surface area (Å²) >= 11 is 1.14. The van der Waals surface area contributed by atoms with Gasteiger partial charge in [-0.3, -0.25) is 14.6 Å². The number of rotatable bonds is 3. The molecule has 8 heteroatoms. The van der Waals surface area contributed by atoms with Gasteiger partial charge < -0.3 is 16.2 Å². The minimum absolute atomic E-state index is 0.251. The van der Waals surface area contributed by atoms with Crippen molar-refractivity contribution in [2.45, 2.75) is 12.8 Å². The Hall–Kier alpha value is -2.74. The summed E-state index contributed by atoms with van der Waals surface area (Å²) in [6.45, 7) is 1.76.